The maximum Gasteiger partial charge on any atom is 0.386 e. The van der Waals surface area contributed by atoms with Gasteiger partial charge >= 0.3 is 81.2 Å². The maximum atomic E-state index is 14.7. The number of hydrogen-bond donors (Lipinski definition) is 16. The number of rotatable bonds is 39. The summed E-state index contributed by atoms with van der Waals surface area (Å²) in [6.45, 7) is -27.7. The predicted octanol–water partition coefficient (Wildman–Crippen LogP) is 0.921. The summed E-state index contributed by atoms with van der Waals surface area (Å²) in [6, 6.07) is 0. The topological polar surface area (TPSA) is 762 Å². The van der Waals surface area contributed by atoms with E-state index in [-0.39, 0.29) is 98.5 Å². The fourth-order valence-corrected chi connectivity index (χ4v) is 26.1. The SMILES string of the molecule is C.C.C.Cc1cn([C@H]2C[C@@H](OP(O)(=S)OC[C@H]3O[C@@H](n4cc(C)c(=O)[nH]c4=O)C[C@H]3OP(=O)(S)OC[C@H]3O[C@@H](n4cc(C)c(=O)[nH]c4=O)C[C@H]3OP(O)(=S)OC[C@H]3O[C@@H](n4cc(C)c(=O)[nH]c4=O)C[C@H]3OP(O)(=S)OC[C@H]3O[C@@H](n4cc(C)c(=O)[nH]c4=O)C[C@H]3OP(O)(=S)OC[C@H]3O[C@@H](n4cnc5c(=O)[nH]c(N)nc54)C[C@H]3OP(O)(=S)OC[C@H]3O[C@@H](n4cc(C)c(=O)[nH]c4=O)C[C@H]3OP(O)(O)=S)[C@@H](C)O2)c(=O)[nH]c1=O. The number of anilines is 1. The third kappa shape index (κ3) is 28.6. The lowest BCUT2D eigenvalue weighted by Crippen LogP contribution is -2.33. The van der Waals surface area contributed by atoms with Gasteiger partial charge in [0.2, 0.25) is 5.95 Å². The first-order chi connectivity index (χ1) is 66.4. The molecule has 0 bridgehead atoms. The van der Waals surface area contributed by atoms with Crippen LogP contribution in [0.3, 0.4) is 0 Å². The molecule has 7 saturated heterocycles. The maximum absolute atomic E-state index is 14.7. The van der Waals surface area contributed by atoms with Gasteiger partial charge in [-0.15, -0.1) is 0 Å². The summed E-state index contributed by atoms with van der Waals surface area (Å²) in [4.78, 5) is 272. The van der Waals surface area contributed by atoms with Crippen LogP contribution in [0, 0.1) is 41.5 Å². The number of imidazole rings is 1. The quantitative estimate of drug-likeness (QED) is 0.0188. The molecule has 58 nitrogen and oxygen atoms in total. The number of nitrogens with zero attached hydrogens (tertiary/aromatic N) is 9. The molecule has 145 heavy (non-hydrogen) atoms. The molecule has 0 saturated carbocycles. The molecule has 16 N–H and O–H groups in total. The van der Waals surface area contributed by atoms with Gasteiger partial charge in [0, 0.05) is 116 Å². The van der Waals surface area contributed by atoms with Crippen LogP contribution in [0.5, 0.6) is 0 Å². The lowest BCUT2D eigenvalue weighted by molar-refractivity contribution is -0.0574. The van der Waals surface area contributed by atoms with Gasteiger partial charge in [-0.3, -0.25) is 109 Å². The Bertz CT molecular complexity index is 7410. The summed E-state index contributed by atoms with van der Waals surface area (Å²) in [5.74, 6) is -0.334. The Kier molecular flexibility index (Phi) is 37.7. The van der Waals surface area contributed by atoms with E-state index in [1.54, 1.807) is 6.92 Å². The monoisotopic (exact) mass is 2320 g/mol. The molecule has 27 atom stereocenters. The summed E-state index contributed by atoms with van der Waals surface area (Å²) in [6.07, 6.45) is -23.2. The molecule has 6 unspecified atom stereocenters. The van der Waals surface area contributed by atoms with Gasteiger partial charge in [0.05, 0.1) is 88.7 Å². The number of hydrogen-bond acceptors (Lipinski definition) is 43. The summed E-state index contributed by atoms with van der Waals surface area (Å²) in [7, 11) is 0. The Morgan fingerprint density at radius 2 is 0.566 bits per heavy atom. The summed E-state index contributed by atoms with van der Waals surface area (Å²) in [5, 5.41) is 0. The minimum absolute atomic E-state index is 0. The van der Waals surface area contributed by atoms with Gasteiger partial charge in [0.15, 0.2) is 11.2 Å². The number of H-pyrrole nitrogens is 7. The highest BCUT2D eigenvalue weighted by Gasteiger charge is 2.52. The van der Waals surface area contributed by atoms with E-state index in [9.17, 15) is 101 Å². The molecule has 7 aliphatic rings. The second-order valence-electron chi connectivity index (χ2n) is 33.5. The summed E-state index contributed by atoms with van der Waals surface area (Å²) >= 11 is 36.8. The lowest BCUT2D eigenvalue weighted by Gasteiger charge is -2.28. The van der Waals surface area contributed by atoms with Crippen LogP contribution >= 0.6 is 59.4 Å². The molecule has 72 heteroatoms. The van der Waals surface area contributed by atoms with Crippen LogP contribution < -0.4 is 78.8 Å². The first kappa shape index (κ1) is 117. The number of aryl methyl sites for hydroxylation is 6. The van der Waals surface area contributed by atoms with Gasteiger partial charge in [-0.05, 0) is 119 Å². The second-order valence-corrected chi connectivity index (χ2v) is 52.9. The van der Waals surface area contributed by atoms with Crippen molar-refractivity contribution in [2.45, 2.75) is 245 Å². The van der Waals surface area contributed by atoms with Crippen molar-refractivity contribution >= 4 is 147 Å². The summed E-state index contributed by atoms with van der Waals surface area (Å²) < 4.78 is 142. The minimum Gasteiger partial charge on any atom is -0.369 e. The molecule has 15 rings (SSSR count). The first-order valence-corrected chi connectivity index (χ1v) is 60.6. The number of thiol groups is 1. The first-order valence-electron chi connectivity index (χ1n) is 42.3. The van der Waals surface area contributed by atoms with Crippen molar-refractivity contribution in [1.82, 2.24) is 76.8 Å². The molecule has 8 aromatic rings. The highest BCUT2D eigenvalue weighted by molar-refractivity contribution is 8.44. The molecule has 7 aliphatic heterocycles. The Labute approximate surface area is 851 Å². The van der Waals surface area contributed by atoms with Crippen LogP contribution in [0.15, 0.2) is 106 Å². The number of ether oxygens (including phenoxy) is 7. The summed E-state index contributed by atoms with van der Waals surface area (Å²) in [5.41, 5.74) is -4.84. The number of aromatic amines is 7. The van der Waals surface area contributed by atoms with Gasteiger partial charge in [0.1, 0.15) is 86.3 Å². The van der Waals surface area contributed by atoms with Gasteiger partial charge in [0.25, 0.3) is 38.9 Å². The third-order valence-electron chi connectivity index (χ3n) is 23.2. The minimum atomic E-state index is -4.84. The van der Waals surface area contributed by atoms with Crippen LogP contribution in [0.4, 0.5) is 5.95 Å². The molecule has 8 aromatic heterocycles. The van der Waals surface area contributed by atoms with Gasteiger partial charge < -0.3 is 123 Å². The van der Waals surface area contributed by atoms with Crippen LogP contribution in [0.1, 0.15) is 151 Å². The Balaban J connectivity index is 0.00000624. The van der Waals surface area contributed by atoms with E-state index < -0.39 is 308 Å². The molecular weight excluding hydrogens is 2210 g/mol. The number of aromatic nitrogens is 16. The van der Waals surface area contributed by atoms with Gasteiger partial charge in [-0.2, -0.15) is 4.98 Å². The van der Waals surface area contributed by atoms with E-state index in [0.717, 1.165) is 46.0 Å². The fraction of sp³-hybridized carbons (Fsp3) is 0.603. The zero-order valence-corrected chi connectivity index (χ0v) is 86.6. The Hall–Kier alpha value is -6.37. The lowest BCUT2D eigenvalue weighted by atomic mass is 10.2. The zero-order valence-electron chi connectivity index (χ0n) is 74.5. The van der Waals surface area contributed by atoms with Crippen LogP contribution in [-0.2, 0) is 167 Å². The average Bonchev–Trinajstić information content (AvgIpc) is 1.62. The molecule has 0 radical (unpaired) electrons. The van der Waals surface area contributed by atoms with Crippen molar-refractivity contribution in [2.75, 3.05) is 45.4 Å². The van der Waals surface area contributed by atoms with Crippen molar-refractivity contribution in [3.8, 4) is 0 Å². The highest BCUT2D eigenvalue weighted by atomic mass is 32.7. The Morgan fingerprint density at radius 3 is 0.828 bits per heavy atom. The van der Waals surface area contributed by atoms with Gasteiger partial charge in [-0.1, -0.05) is 34.5 Å². The molecule has 7 fully saturated rings. The second kappa shape index (κ2) is 46.7. The molecular formula is C73H104N17O41P7S7. The van der Waals surface area contributed by atoms with Crippen LogP contribution in [0.2, 0.25) is 0 Å². The fourth-order valence-electron chi connectivity index (χ4n) is 16.2. The Morgan fingerprint density at radius 1 is 0.345 bits per heavy atom. The number of nitrogens with two attached hydrogens (primary N) is 1. The molecule has 0 aliphatic carbocycles. The highest BCUT2D eigenvalue weighted by Crippen LogP contribution is 2.60. The molecule has 0 spiro atoms. The van der Waals surface area contributed by atoms with Gasteiger partial charge in [-0.25, -0.2) is 38.3 Å². The van der Waals surface area contributed by atoms with Crippen molar-refractivity contribution < 1.29 is 131 Å². The average molecular weight is 2320 g/mol. The van der Waals surface area contributed by atoms with Crippen molar-refractivity contribution in [1.29, 1.82) is 0 Å². The van der Waals surface area contributed by atoms with E-state index in [2.05, 4.69) is 57.1 Å². The number of nitrogens with one attached hydrogen (secondary N) is 7. The third-order valence-corrected chi connectivity index (χ3v) is 33.6. The van der Waals surface area contributed by atoms with Crippen molar-refractivity contribution in [3.63, 3.8) is 0 Å². The number of fused-ring (bicyclic) bond motifs is 1. The molecule has 15 heterocycles. The van der Waals surface area contributed by atoms with Crippen molar-refractivity contribution in [2.24, 2.45) is 0 Å². The largest absolute Gasteiger partial charge is 0.386 e. The predicted molar refractivity (Wildman–Crippen MR) is 532 cm³/mol. The standard InChI is InChI=1S/C70H92N17O41P7S7.3CH4/c1-28-15-81(65(95)75-57(28)88)48-8-35(34(7)115-48)123-130(103,137)109-22-43-37(10-50(117-43)83-17-30(3)59(90)77-67(83)97)124-132(105,139)111-23-44-38(11-51(118-44)84-18-31(4)60(91)78-68(84)98)125-133(106,140)112-24-45-39(12-52(119-45)85-19-32(5)61(92)79-69(85)99)126-134(107,141)113-25-46-40(13-53(120-46)86-20-33(6)62(93)80-70(86)100)127-135(108,142)114-26-47-41(14-54(121-47)87-27-72-55-56(87)73-64(71)74-63(55)94)128-131(104,138)110-21-42-36(122-129(101,102)136)9-49(116-42)82-16-29(2)58(89)76-66(82)96;;;/h15-20,27,34-54H,8-14,21-26H2,1-7H3,(H,103,137)(H,104,138)(H,105,139)(H,106,140)(H,107,141)(H,108,142)(H,75,88,95)(H,76,89,96)(H,77,90,97)(H,78,91,98)(H,79,92,99)(H,80,93,100)(H2,101,102,136)(H3,71,73,74,94);3*1H4/t34-,35-,36-,37-,38-,39-,40-,41-,42-,43-,44-,45-,46-,47-,48-,49-,50-,51-,52-,53-,54-,130?,131?,132?,133?,134?,135?;;;/m1.../s1. The van der Waals surface area contributed by atoms with Crippen LogP contribution in [-0.4, -0.2) is 236 Å². The smallest absolute Gasteiger partial charge is 0.369 e. The van der Waals surface area contributed by atoms with E-state index in [0.29, 0.717) is 0 Å². The number of nitrogen functional groups attached to an aromatic ring is 1. The van der Waals surface area contributed by atoms with E-state index in [4.69, 9.17) is 169 Å². The van der Waals surface area contributed by atoms with E-state index in [1.165, 1.54) is 71.0 Å². The molecule has 804 valence electrons. The molecule has 0 amide bonds. The van der Waals surface area contributed by atoms with Crippen LogP contribution in [0.25, 0.3) is 11.2 Å². The van der Waals surface area contributed by atoms with E-state index >= 15 is 0 Å². The van der Waals surface area contributed by atoms with Crippen molar-refractivity contribution in [3.05, 3.63) is 212 Å². The normalized spacial score (nSPS) is 28.9. The zero-order chi connectivity index (χ0) is 103. The van der Waals surface area contributed by atoms with E-state index in [1.807, 2.05) is 0 Å². The molecule has 0 aromatic carbocycles.